The molecule has 1 atom stereocenters. The highest BCUT2D eigenvalue weighted by atomic mass is 32.2. The van der Waals surface area contributed by atoms with Crippen LogP contribution in [0, 0.1) is 5.82 Å². The number of nitrogens with one attached hydrogen (secondary N) is 1. The first kappa shape index (κ1) is 12.8. The largest absolute Gasteiger partial charge is 0.398 e. The lowest BCUT2D eigenvalue weighted by molar-refractivity contribution is 0.220. The van der Waals surface area contributed by atoms with Crippen molar-refractivity contribution in [3.05, 3.63) is 24.0 Å². The summed E-state index contributed by atoms with van der Waals surface area (Å²) < 4.78 is 24.8. The standard InChI is InChI=1S/C11H14FN3O2S/c12-8-1-2-10(9(13)7-8)18(17)6-5-15-4-3-14-11(15)16/h1-2,7H,3-6,13H2,(H,14,16). The summed E-state index contributed by atoms with van der Waals surface area (Å²) >= 11 is 0. The summed E-state index contributed by atoms with van der Waals surface area (Å²) in [7, 11) is -1.33. The number of nitrogen functional groups attached to an aromatic ring is 1. The van der Waals surface area contributed by atoms with Gasteiger partial charge in [-0.3, -0.25) is 4.21 Å². The number of urea groups is 1. The molecule has 1 aliphatic rings. The summed E-state index contributed by atoms with van der Waals surface area (Å²) in [4.78, 5) is 13.3. The van der Waals surface area contributed by atoms with Crippen LogP contribution in [0.15, 0.2) is 23.1 Å². The molecule has 0 radical (unpaired) electrons. The van der Waals surface area contributed by atoms with Gasteiger partial charge in [0.2, 0.25) is 0 Å². The lowest BCUT2D eigenvalue weighted by Crippen LogP contribution is -2.31. The average molecular weight is 271 g/mol. The van der Waals surface area contributed by atoms with Crippen molar-refractivity contribution in [2.45, 2.75) is 4.90 Å². The molecular formula is C11H14FN3O2S. The van der Waals surface area contributed by atoms with Gasteiger partial charge in [0.15, 0.2) is 0 Å². The van der Waals surface area contributed by atoms with E-state index in [-0.39, 0.29) is 11.7 Å². The van der Waals surface area contributed by atoms with Crippen LogP contribution in [0.5, 0.6) is 0 Å². The highest BCUT2D eigenvalue weighted by Crippen LogP contribution is 2.17. The summed E-state index contributed by atoms with van der Waals surface area (Å²) in [5.41, 5.74) is 5.79. The zero-order chi connectivity index (χ0) is 13.1. The van der Waals surface area contributed by atoms with E-state index in [0.717, 1.165) is 6.07 Å². The van der Waals surface area contributed by atoms with Gasteiger partial charge < -0.3 is 16.0 Å². The molecule has 18 heavy (non-hydrogen) atoms. The number of nitrogens with zero attached hydrogens (tertiary/aromatic N) is 1. The lowest BCUT2D eigenvalue weighted by atomic mass is 10.3. The van der Waals surface area contributed by atoms with Crippen LogP contribution in [0.2, 0.25) is 0 Å². The van der Waals surface area contributed by atoms with Crippen molar-refractivity contribution in [1.29, 1.82) is 0 Å². The van der Waals surface area contributed by atoms with Gasteiger partial charge in [0.25, 0.3) is 0 Å². The predicted molar refractivity (Wildman–Crippen MR) is 67.1 cm³/mol. The fourth-order valence-electron chi connectivity index (χ4n) is 1.75. The van der Waals surface area contributed by atoms with Gasteiger partial charge in [-0.05, 0) is 18.2 Å². The molecule has 0 aromatic heterocycles. The smallest absolute Gasteiger partial charge is 0.317 e. The van der Waals surface area contributed by atoms with E-state index in [2.05, 4.69) is 5.32 Å². The normalized spacial score (nSPS) is 16.7. The number of hydrogen-bond acceptors (Lipinski definition) is 3. The van der Waals surface area contributed by atoms with Gasteiger partial charge in [0.05, 0.1) is 21.4 Å². The third-order valence-electron chi connectivity index (χ3n) is 2.71. The molecule has 98 valence electrons. The van der Waals surface area contributed by atoms with Crippen molar-refractivity contribution in [2.24, 2.45) is 0 Å². The maximum absolute atomic E-state index is 12.9. The summed E-state index contributed by atoms with van der Waals surface area (Å²) in [6.07, 6.45) is 0. The second-order valence-corrected chi connectivity index (χ2v) is 5.49. The number of carbonyl (C=O) groups is 1. The Labute approximate surface area is 107 Å². The minimum atomic E-state index is -1.33. The van der Waals surface area contributed by atoms with Crippen LogP contribution in [-0.2, 0) is 10.8 Å². The fourth-order valence-corrected chi connectivity index (χ4v) is 2.90. The molecule has 1 saturated heterocycles. The van der Waals surface area contributed by atoms with Gasteiger partial charge >= 0.3 is 6.03 Å². The second kappa shape index (κ2) is 5.34. The molecule has 1 heterocycles. The monoisotopic (exact) mass is 271 g/mol. The quantitative estimate of drug-likeness (QED) is 0.785. The molecule has 1 fully saturated rings. The fraction of sp³-hybridized carbons (Fsp3) is 0.364. The molecule has 7 heteroatoms. The number of halogens is 1. The summed E-state index contributed by atoms with van der Waals surface area (Å²) in [6.45, 7) is 1.63. The van der Waals surface area contributed by atoms with Crippen LogP contribution in [0.4, 0.5) is 14.9 Å². The molecule has 1 unspecified atom stereocenters. The van der Waals surface area contributed by atoms with Gasteiger partial charge in [-0.1, -0.05) is 0 Å². The molecule has 0 bridgehead atoms. The molecule has 1 aliphatic heterocycles. The second-order valence-electron chi connectivity index (χ2n) is 3.95. The van der Waals surface area contributed by atoms with Crippen molar-refractivity contribution >= 4 is 22.5 Å². The Bertz CT molecular complexity index is 495. The van der Waals surface area contributed by atoms with Gasteiger partial charge in [-0.15, -0.1) is 0 Å². The van der Waals surface area contributed by atoms with Crippen molar-refractivity contribution in [1.82, 2.24) is 10.2 Å². The maximum atomic E-state index is 12.9. The van der Waals surface area contributed by atoms with Crippen LogP contribution in [-0.4, -0.2) is 40.5 Å². The van der Waals surface area contributed by atoms with Gasteiger partial charge in [-0.2, -0.15) is 0 Å². The number of nitrogens with two attached hydrogens (primary N) is 1. The molecular weight excluding hydrogens is 257 g/mol. The van der Waals surface area contributed by atoms with E-state index in [9.17, 15) is 13.4 Å². The zero-order valence-electron chi connectivity index (χ0n) is 9.69. The number of carbonyl (C=O) groups excluding carboxylic acids is 1. The van der Waals surface area contributed by atoms with Crippen molar-refractivity contribution in [2.75, 3.05) is 31.1 Å². The zero-order valence-corrected chi connectivity index (χ0v) is 10.5. The van der Waals surface area contributed by atoms with Crippen LogP contribution in [0.1, 0.15) is 0 Å². The SMILES string of the molecule is Nc1cc(F)ccc1S(=O)CCN1CCNC1=O. The highest BCUT2D eigenvalue weighted by molar-refractivity contribution is 7.85. The number of amides is 2. The molecule has 0 aliphatic carbocycles. The number of benzene rings is 1. The number of hydrogen-bond donors (Lipinski definition) is 2. The Morgan fingerprint density at radius 3 is 2.89 bits per heavy atom. The van der Waals surface area contributed by atoms with Gasteiger partial charge in [-0.25, -0.2) is 9.18 Å². The van der Waals surface area contributed by atoms with E-state index in [0.29, 0.717) is 30.3 Å². The Hall–Kier alpha value is -1.63. The Morgan fingerprint density at radius 1 is 1.50 bits per heavy atom. The molecule has 5 nitrogen and oxygen atoms in total. The van der Waals surface area contributed by atoms with E-state index in [4.69, 9.17) is 5.73 Å². The first-order valence-electron chi connectivity index (χ1n) is 5.54. The third kappa shape index (κ3) is 2.79. The lowest BCUT2D eigenvalue weighted by Gasteiger charge is -2.13. The summed E-state index contributed by atoms with van der Waals surface area (Å²) in [5, 5.41) is 2.67. The minimum Gasteiger partial charge on any atom is -0.398 e. The topological polar surface area (TPSA) is 75.4 Å². The Kier molecular flexibility index (Phi) is 3.81. The summed E-state index contributed by atoms with van der Waals surface area (Å²) in [5.74, 6) is -0.157. The van der Waals surface area contributed by atoms with Crippen LogP contribution >= 0.6 is 0 Å². The minimum absolute atomic E-state index is 0.140. The van der Waals surface area contributed by atoms with Gasteiger partial charge in [0, 0.05) is 25.4 Å². The van der Waals surface area contributed by atoms with Crippen molar-refractivity contribution in [3.8, 4) is 0 Å². The van der Waals surface area contributed by atoms with Crippen LogP contribution in [0.3, 0.4) is 0 Å². The van der Waals surface area contributed by atoms with E-state index in [1.165, 1.54) is 12.1 Å². The molecule has 3 N–H and O–H groups in total. The first-order chi connectivity index (χ1) is 8.58. The highest BCUT2D eigenvalue weighted by Gasteiger charge is 2.20. The number of anilines is 1. The predicted octanol–water partition coefficient (Wildman–Crippen LogP) is 0.541. The van der Waals surface area contributed by atoms with E-state index < -0.39 is 16.6 Å². The molecule has 2 rings (SSSR count). The Morgan fingerprint density at radius 2 is 2.28 bits per heavy atom. The first-order valence-corrected chi connectivity index (χ1v) is 6.86. The van der Waals surface area contributed by atoms with Gasteiger partial charge in [0.1, 0.15) is 5.82 Å². The van der Waals surface area contributed by atoms with Crippen molar-refractivity contribution in [3.63, 3.8) is 0 Å². The third-order valence-corrected chi connectivity index (χ3v) is 4.12. The molecule has 1 aromatic carbocycles. The molecule has 0 spiro atoms. The van der Waals surface area contributed by atoms with Crippen LogP contribution < -0.4 is 11.1 Å². The molecule has 0 saturated carbocycles. The average Bonchev–Trinajstić information content (AvgIpc) is 2.72. The summed E-state index contributed by atoms with van der Waals surface area (Å²) in [6, 6.07) is 3.66. The van der Waals surface area contributed by atoms with E-state index in [1.54, 1.807) is 4.90 Å². The maximum Gasteiger partial charge on any atom is 0.317 e. The van der Waals surface area contributed by atoms with E-state index >= 15 is 0 Å². The van der Waals surface area contributed by atoms with Crippen LogP contribution in [0.25, 0.3) is 0 Å². The number of rotatable bonds is 4. The molecule has 1 aromatic rings. The van der Waals surface area contributed by atoms with Crippen molar-refractivity contribution < 1.29 is 13.4 Å². The van der Waals surface area contributed by atoms with E-state index in [1.807, 2.05) is 0 Å². The Balaban J connectivity index is 1.97. The molecule has 2 amide bonds.